The highest BCUT2D eigenvalue weighted by Gasteiger charge is 2.44. The van der Waals surface area contributed by atoms with Crippen LogP contribution in [0, 0.1) is 5.41 Å². The number of carbonyl (C=O) groups is 1. The van der Waals surface area contributed by atoms with E-state index in [0.717, 1.165) is 25.0 Å². The van der Waals surface area contributed by atoms with Crippen LogP contribution in [0.3, 0.4) is 0 Å². The first-order valence-electron chi connectivity index (χ1n) is 4.31. The summed E-state index contributed by atoms with van der Waals surface area (Å²) in [6.45, 7) is 0. The molecule has 13 heavy (non-hydrogen) atoms. The van der Waals surface area contributed by atoms with Gasteiger partial charge in [-0.15, -0.1) is 0 Å². The molecule has 1 aromatic rings. The zero-order valence-electron chi connectivity index (χ0n) is 7.16. The number of carboxylic acids is 1. The van der Waals surface area contributed by atoms with Gasteiger partial charge < -0.3 is 5.11 Å². The van der Waals surface area contributed by atoms with E-state index in [0.29, 0.717) is 6.42 Å². The minimum atomic E-state index is -0.707. The second-order valence-electron chi connectivity index (χ2n) is 3.58. The van der Waals surface area contributed by atoms with E-state index in [9.17, 15) is 4.79 Å². The Balaban J connectivity index is 2.11. The number of carboxylic acid groups (broad SMARTS) is 1. The zero-order chi connectivity index (χ0) is 9.31. The molecule has 2 rings (SSSR count). The maximum atomic E-state index is 11.0. The third kappa shape index (κ3) is 1.30. The molecule has 5 nitrogen and oxygen atoms in total. The summed E-state index contributed by atoms with van der Waals surface area (Å²) in [5, 5.41) is 19.0. The summed E-state index contributed by atoms with van der Waals surface area (Å²) in [5.41, 5.74) is 0.179. The molecule has 0 bridgehead atoms. The standard InChI is InChI=1S/C8H11N3O2/c12-7(13)8(2-1-3-8)4-6-5-9-11-10-6/h5H,1-4H2,(H,12,13)(H,9,10,11). The van der Waals surface area contributed by atoms with Crippen LogP contribution < -0.4 is 0 Å². The number of rotatable bonds is 3. The van der Waals surface area contributed by atoms with Gasteiger partial charge in [-0.05, 0) is 12.8 Å². The van der Waals surface area contributed by atoms with Crippen LogP contribution in [0.5, 0.6) is 0 Å². The Morgan fingerprint density at radius 3 is 2.85 bits per heavy atom. The van der Waals surface area contributed by atoms with Crippen LogP contribution in [0.2, 0.25) is 0 Å². The first kappa shape index (κ1) is 8.22. The maximum Gasteiger partial charge on any atom is 0.310 e. The quantitative estimate of drug-likeness (QED) is 0.715. The molecule has 0 aromatic carbocycles. The number of hydrogen-bond donors (Lipinski definition) is 2. The van der Waals surface area contributed by atoms with Crippen molar-refractivity contribution in [2.24, 2.45) is 5.41 Å². The molecule has 5 heteroatoms. The van der Waals surface area contributed by atoms with Gasteiger partial charge in [0, 0.05) is 6.42 Å². The summed E-state index contributed by atoms with van der Waals surface area (Å²) < 4.78 is 0. The second-order valence-corrected chi connectivity index (χ2v) is 3.58. The number of hydrogen-bond acceptors (Lipinski definition) is 3. The molecule has 0 atom stereocenters. The third-order valence-electron chi connectivity index (χ3n) is 2.75. The molecule has 0 spiro atoms. The van der Waals surface area contributed by atoms with Crippen molar-refractivity contribution >= 4 is 5.97 Å². The van der Waals surface area contributed by atoms with Gasteiger partial charge in [0.25, 0.3) is 0 Å². The molecule has 0 amide bonds. The van der Waals surface area contributed by atoms with Crippen LogP contribution in [-0.2, 0) is 11.2 Å². The van der Waals surface area contributed by atoms with E-state index in [1.807, 2.05) is 0 Å². The average molecular weight is 181 g/mol. The van der Waals surface area contributed by atoms with Gasteiger partial charge in [-0.2, -0.15) is 15.4 Å². The number of aromatic amines is 1. The first-order valence-corrected chi connectivity index (χ1v) is 4.31. The number of aromatic nitrogens is 3. The Morgan fingerprint density at radius 1 is 1.69 bits per heavy atom. The molecular weight excluding hydrogens is 170 g/mol. The molecule has 2 N–H and O–H groups in total. The van der Waals surface area contributed by atoms with Crippen molar-refractivity contribution in [2.45, 2.75) is 25.7 Å². The van der Waals surface area contributed by atoms with E-state index in [1.54, 1.807) is 6.20 Å². The lowest BCUT2D eigenvalue weighted by Gasteiger charge is -2.36. The molecule has 1 aliphatic carbocycles. The monoisotopic (exact) mass is 181 g/mol. The van der Waals surface area contributed by atoms with Crippen molar-refractivity contribution < 1.29 is 9.90 Å². The largest absolute Gasteiger partial charge is 0.481 e. The van der Waals surface area contributed by atoms with Gasteiger partial charge in [0.15, 0.2) is 0 Å². The zero-order valence-corrected chi connectivity index (χ0v) is 7.16. The maximum absolute atomic E-state index is 11.0. The lowest BCUT2D eigenvalue weighted by Crippen LogP contribution is -2.39. The van der Waals surface area contributed by atoms with E-state index >= 15 is 0 Å². The molecule has 1 saturated carbocycles. The van der Waals surface area contributed by atoms with E-state index in [1.165, 1.54) is 0 Å². The Kier molecular flexibility index (Phi) is 1.79. The van der Waals surface area contributed by atoms with Crippen molar-refractivity contribution in [3.8, 4) is 0 Å². The summed E-state index contributed by atoms with van der Waals surface area (Å²) in [6, 6.07) is 0. The highest BCUT2D eigenvalue weighted by molar-refractivity contribution is 5.76. The molecule has 0 saturated heterocycles. The first-order chi connectivity index (χ1) is 6.23. The van der Waals surface area contributed by atoms with Crippen molar-refractivity contribution in [3.63, 3.8) is 0 Å². The lowest BCUT2D eigenvalue weighted by atomic mass is 9.66. The summed E-state index contributed by atoms with van der Waals surface area (Å²) in [4.78, 5) is 11.0. The van der Waals surface area contributed by atoms with E-state index < -0.39 is 11.4 Å². The van der Waals surface area contributed by atoms with Gasteiger partial charge in [0.05, 0.1) is 17.3 Å². The van der Waals surface area contributed by atoms with Crippen LogP contribution in [0.25, 0.3) is 0 Å². The fourth-order valence-electron chi connectivity index (χ4n) is 1.73. The van der Waals surface area contributed by atoms with Crippen molar-refractivity contribution in [1.82, 2.24) is 15.4 Å². The van der Waals surface area contributed by atoms with Crippen LogP contribution in [0.1, 0.15) is 25.0 Å². The number of nitrogens with one attached hydrogen (secondary N) is 1. The minimum Gasteiger partial charge on any atom is -0.481 e. The highest BCUT2D eigenvalue weighted by Crippen LogP contribution is 2.43. The molecular formula is C8H11N3O2. The van der Waals surface area contributed by atoms with Crippen molar-refractivity contribution in [2.75, 3.05) is 0 Å². The highest BCUT2D eigenvalue weighted by atomic mass is 16.4. The predicted octanol–water partition coefficient (Wildman–Crippen LogP) is 0.602. The van der Waals surface area contributed by atoms with Gasteiger partial charge in [-0.25, -0.2) is 0 Å². The van der Waals surface area contributed by atoms with Gasteiger partial charge in [0.2, 0.25) is 0 Å². The van der Waals surface area contributed by atoms with Crippen LogP contribution in [0.4, 0.5) is 0 Å². The Hall–Kier alpha value is -1.39. The topological polar surface area (TPSA) is 78.9 Å². The normalized spacial score (nSPS) is 19.4. The molecule has 1 aliphatic rings. The van der Waals surface area contributed by atoms with Gasteiger partial charge in [-0.3, -0.25) is 4.79 Å². The SMILES string of the molecule is O=C(O)C1(Cc2cn[nH]n2)CCC1. The number of aliphatic carboxylic acids is 1. The van der Waals surface area contributed by atoms with Crippen molar-refractivity contribution in [1.29, 1.82) is 0 Å². The number of H-pyrrole nitrogens is 1. The molecule has 1 fully saturated rings. The van der Waals surface area contributed by atoms with Crippen LogP contribution in [0.15, 0.2) is 6.20 Å². The van der Waals surface area contributed by atoms with Crippen LogP contribution >= 0.6 is 0 Å². The number of nitrogens with zero attached hydrogens (tertiary/aromatic N) is 2. The Labute approximate surface area is 75.2 Å². The van der Waals surface area contributed by atoms with Crippen LogP contribution in [-0.4, -0.2) is 26.5 Å². The molecule has 0 unspecified atom stereocenters. The summed E-state index contributed by atoms with van der Waals surface area (Å²) >= 11 is 0. The van der Waals surface area contributed by atoms with Gasteiger partial charge in [0.1, 0.15) is 0 Å². The second kappa shape index (κ2) is 2.83. The fourth-order valence-corrected chi connectivity index (χ4v) is 1.73. The van der Waals surface area contributed by atoms with E-state index in [2.05, 4.69) is 15.4 Å². The van der Waals surface area contributed by atoms with E-state index in [-0.39, 0.29) is 0 Å². The third-order valence-corrected chi connectivity index (χ3v) is 2.75. The summed E-state index contributed by atoms with van der Waals surface area (Å²) in [6.07, 6.45) is 4.61. The smallest absolute Gasteiger partial charge is 0.310 e. The Bertz CT molecular complexity index is 303. The Morgan fingerprint density at radius 2 is 2.46 bits per heavy atom. The summed E-state index contributed by atoms with van der Waals surface area (Å²) in [7, 11) is 0. The van der Waals surface area contributed by atoms with Gasteiger partial charge in [-0.1, -0.05) is 6.42 Å². The predicted molar refractivity (Wildman–Crippen MR) is 44.0 cm³/mol. The average Bonchev–Trinajstić information content (AvgIpc) is 2.47. The lowest BCUT2D eigenvalue weighted by molar-refractivity contribution is -0.154. The fraction of sp³-hybridized carbons (Fsp3) is 0.625. The molecule has 0 radical (unpaired) electrons. The van der Waals surface area contributed by atoms with Gasteiger partial charge >= 0.3 is 5.97 Å². The minimum absolute atomic E-state index is 0.499. The van der Waals surface area contributed by atoms with E-state index in [4.69, 9.17) is 5.11 Å². The molecule has 0 aliphatic heterocycles. The molecule has 1 aromatic heterocycles. The van der Waals surface area contributed by atoms with Crippen molar-refractivity contribution in [3.05, 3.63) is 11.9 Å². The molecule has 70 valence electrons. The molecule has 1 heterocycles. The summed E-state index contributed by atoms with van der Waals surface area (Å²) in [5.74, 6) is -0.707.